The quantitative estimate of drug-likeness (QED) is 0.396. The van der Waals surface area contributed by atoms with Gasteiger partial charge in [-0.15, -0.1) is 6.58 Å². The minimum absolute atomic E-state index is 0.0909. The Balaban J connectivity index is 1.84. The molecule has 0 heterocycles. The Morgan fingerprint density at radius 3 is 2.52 bits per heavy atom. The Bertz CT molecular complexity index is 765. The van der Waals surface area contributed by atoms with E-state index >= 15 is 0 Å². The van der Waals surface area contributed by atoms with Crippen LogP contribution in [0.4, 0.5) is 5.69 Å². The molecular weight excluding hydrogens is 338 g/mol. The molecule has 0 aliphatic rings. The SMILES string of the molecule is C=CCc1ccccc1OCC(=O)N/N=C/c1ccc(N(CC)CC)cc1. The van der Waals surface area contributed by atoms with Crippen molar-refractivity contribution in [3.05, 3.63) is 72.3 Å². The monoisotopic (exact) mass is 365 g/mol. The van der Waals surface area contributed by atoms with Crippen LogP contribution in [0.1, 0.15) is 25.0 Å². The fourth-order valence-electron chi connectivity index (χ4n) is 2.68. The molecule has 0 radical (unpaired) electrons. The van der Waals surface area contributed by atoms with Crippen LogP contribution in [0.15, 0.2) is 66.3 Å². The van der Waals surface area contributed by atoms with Crippen LogP contribution in [0.3, 0.4) is 0 Å². The van der Waals surface area contributed by atoms with E-state index < -0.39 is 0 Å². The largest absolute Gasteiger partial charge is 0.483 e. The van der Waals surface area contributed by atoms with E-state index in [1.807, 2.05) is 36.4 Å². The topological polar surface area (TPSA) is 53.9 Å². The molecule has 0 fully saturated rings. The maximum Gasteiger partial charge on any atom is 0.277 e. The number of nitrogens with one attached hydrogen (secondary N) is 1. The number of nitrogens with zero attached hydrogens (tertiary/aromatic N) is 2. The molecule has 0 bridgehead atoms. The van der Waals surface area contributed by atoms with Gasteiger partial charge >= 0.3 is 0 Å². The minimum Gasteiger partial charge on any atom is -0.483 e. The highest BCUT2D eigenvalue weighted by Gasteiger charge is 2.05. The third-order valence-corrected chi connectivity index (χ3v) is 4.12. The summed E-state index contributed by atoms with van der Waals surface area (Å²) in [5, 5.41) is 3.99. The molecule has 0 atom stereocenters. The first-order valence-electron chi connectivity index (χ1n) is 9.16. The molecule has 142 valence electrons. The number of carbonyl (C=O) groups is 1. The smallest absolute Gasteiger partial charge is 0.277 e. The molecular formula is C22H27N3O2. The van der Waals surface area contributed by atoms with Crippen molar-refractivity contribution in [2.75, 3.05) is 24.6 Å². The van der Waals surface area contributed by atoms with Crippen LogP contribution in [0.2, 0.25) is 0 Å². The van der Waals surface area contributed by atoms with Crippen molar-refractivity contribution in [2.24, 2.45) is 5.10 Å². The van der Waals surface area contributed by atoms with Gasteiger partial charge in [0, 0.05) is 18.8 Å². The zero-order valence-corrected chi connectivity index (χ0v) is 16.0. The molecule has 2 rings (SSSR count). The minimum atomic E-state index is -0.306. The second-order valence-electron chi connectivity index (χ2n) is 5.95. The first kappa shape index (κ1) is 20.2. The number of hydrogen-bond donors (Lipinski definition) is 1. The highest BCUT2D eigenvalue weighted by Crippen LogP contribution is 2.18. The first-order chi connectivity index (χ1) is 13.2. The number of allylic oxidation sites excluding steroid dienone is 1. The molecule has 1 N–H and O–H groups in total. The van der Waals surface area contributed by atoms with Gasteiger partial charge in [0.25, 0.3) is 5.91 Å². The number of amides is 1. The van der Waals surface area contributed by atoms with Crippen molar-refractivity contribution >= 4 is 17.8 Å². The van der Waals surface area contributed by atoms with E-state index in [-0.39, 0.29) is 12.5 Å². The van der Waals surface area contributed by atoms with Crippen LogP contribution in [-0.2, 0) is 11.2 Å². The Hall–Kier alpha value is -3.08. The number of para-hydroxylation sites is 1. The first-order valence-corrected chi connectivity index (χ1v) is 9.16. The third-order valence-electron chi connectivity index (χ3n) is 4.12. The molecule has 0 aromatic heterocycles. The van der Waals surface area contributed by atoms with E-state index in [0.29, 0.717) is 12.2 Å². The number of rotatable bonds is 10. The third kappa shape index (κ3) is 6.29. The zero-order chi connectivity index (χ0) is 19.5. The zero-order valence-electron chi connectivity index (χ0n) is 16.0. The lowest BCUT2D eigenvalue weighted by Gasteiger charge is -2.20. The highest BCUT2D eigenvalue weighted by molar-refractivity contribution is 5.83. The van der Waals surface area contributed by atoms with Gasteiger partial charge in [0.1, 0.15) is 5.75 Å². The predicted octanol–water partition coefficient (Wildman–Crippen LogP) is 3.79. The number of carbonyl (C=O) groups excluding carboxylic acids is 1. The van der Waals surface area contributed by atoms with E-state index in [0.717, 1.165) is 24.2 Å². The lowest BCUT2D eigenvalue weighted by molar-refractivity contribution is -0.123. The lowest BCUT2D eigenvalue weighted by Crippen LogP contribution is -2.24. The molecule has 0 aliphatic carbocycles. The molecule has 27 heavy (non-hydrogen) atoms. The predicted molar refractivity (Wildman–Crippen MR) is 112 cm³/mol. The summed E-state index contributed by atoms with van der Waals surface area (Å²) >= 11 is 0. The van der Waals surface area contributed by atoms with Crippen LogP contribution >= 0.6 is 0 Å². The van der Waals surface area contributed by atoms with Crippen LogP contribution in [0.5, 0.6) is 5.75 Å². The van der Waals surface area contributed by atoms with Crippen molar-refractivity contribution in [1.29, 1.82) is 0 Å². The molecule has 0 saturated carbocycles. The normalized spacial score (nSPS) is 10.6. The summed E-state index contributed by atoms with van der Waals surface area (Å²) in [6, 6.07) is 15.7. The second-order valence-corrected chi connectivity index (χ2v) is 5.95. The number of hydrogen-bond acceptors (Lipinski definition) is 4. The maximum atomic E-state index is 11.9. The summed E-state index contributed by atoms with van der Waals surface area (Å²) < 4.78 is 5.58. The standard InChI is InChI=1S/C22H27N3O2/c1-4-9-19-10-7-8-11-21(19)27-17-22(26)24-23-16-18-12-14-20(15-13-18)25(5-2)6-3/h4,7-8,10-16H,1,5-6,9,17H2,2-3H3,(H,24,26)/b23-16+. The highest BCUT2D eigenvalue weighted by atomic mass is 16.5. The molecule has 0 spiro atoms. The van der Waals surface area contributed by atoms with Crippen LogP contribution in [-0.4, -0.2) is 31.8 Å². The Morgan fingerprint density at radius 2 is 1.85 bits per heavy atom. The average molecular weight is 365 g/mol. The Kier molecular flexibility index (Phi) is 8.10. The van der Waals surface area contributed by atoms with E-state index in [2.05, 4.69) is 48.0 Å². The Labute approximate surface area is 161 Å². The number of benzene rings is 2. The van der Waals surface area contributed by atoms with Crippen LogP contribution < -0.4 is 15.1 Å². The van der Waals surface area contributed by atoms with Gasteiger partial charge in [-0.2, -0.15) is 5.10 Å². The molecule has 0 unspecified atom stereocenters. The summed E-state index contributed by atoms with van der Waals surface area (Å²) in [7, 11) is 0. The van der Waals surface area contributed by atoms with Crippen molar-refractivity contribution < 1.29 is 9.53 Å². The van der Waals surface area contributed by atoms with Gasteiger partial charge < -0.3 is 9.64 Å². The summed E-state index contributed by atoms with van der Waals surface area (Å²) in [6.45, 7) is 9.84. The summed E-state index contributed by atoms with van der Waals surface area (Å²) in [5.74, 6) is 0.378. The van der Waals surface area contributed by atoms with Crippen molar-refractivity contribution in [3.63, 3.8) is 0 Å². The van der Waals surface area contributed by atoms with Gasteiger partial charge in [-0.1, -0.05) is 36.4 Å². The van der Waals surface area contributed by atoms with Gasteiger partial charge in [-0.25, -0.2) is 5.43 Å². The number of hydrazone groups is 1. The summed E-state index contributed by atoms with van der Waals surface area (Å²) in [4.78, 5) is 14.2. The molecule has 2 aromatic carbocycles. The van der Waals surface area contributed by atoms with Crippen molar-refractivity contribution in [3.8, 4) is 5.75 Å². The maximum absolute atomic E-state index is 11.9. The number of ether oxygens (including phenoxy) is 1. The lowest BCUT2D eigenvalue weighted by atomic mass is 10.1. The molecule has 0 aliphatic heterocycles. The molecule has 1 amide bonds. The van der Waals surface area contributed by atoms with E-state index in [9.17, 15) is 4.79 Å². The molecule has 2 aromatic rings. The van der Waals surface area contributed by atoms with Crippen LogP contribution in [0.25, 0.3) is 0 Å². The van der Waals surface area contributed by atoms with Gasteiger partial charge in [0.15, 0.2) is 6.61 Å². The fourth-order valence-corrected chi connectivity index (χ4v) is 2.68. The van der Waals surface area contributed by atoms with Crippen LogP contribution in [0, 0.1) is 0 Å². The van der Waals surface area contributed by atoms with Crippen molar-refractivity contribution in [1.82, 2.24) is 5.43 Å². The second kappa shape index (κ2) is 10.8. The number of anilines is 1. The van der Waals surface area contributed by atoms with Crippen molar-refractivity contribution in [2.45, 2.75) is 20.3 Å². The fraction of sp³-hybridized carbons (Fsp3) is 0.273. The molecule has 0 saturated heterocycles. The molecule has 5 nitrogen and oxygen atoms in total. The Morgan fingerprint density at radius 1 is 1.15 bits per heavy atom. The summed E-state index contributed by atoms with van der Waals surface area (Å²) in [5.41, 5.74) is 5.58. The van der Waals surface area contributed by atoms with Gasteiger partial charge in [-0.3, -0.25) is 4.79 Å². The van der Waals surface area contributed by atoms with Gasteiger partial charge in [-0.05, 0) is 49.6 Å². The van der Waals surface area contributed by atoms with E-state index in [1.165, 1.54) is 5.69 Å². The average Bonchev–Trinajstić information content (AvgIpc) is 2.69. The summed E-state index contributed by atoms with van der Waals surface area (Å²) in [6.07, 6.45) is 4.12. The van der Waals surface area contributed by atoms with E-state index in [1.54, 1.807) is 12.3 Å². The molecule has 5 heteroatoms. The van der Waals surface area contributed by atoms with Gasteiger partial charge in [0.2, 0.25) is 0 Å². The van der Waals surface area contributed by atoms with E-state index in [4.69, 9.17) is 4.74 Å². The van der Waals surface area contributed by atoms with Gasteiger partial charge in [0.05, 0.1) is 6.21 Å².